The van der Waals surface area contributed by atoms with Crippen LogP contribution in [0.25, 0.3) is 11.1 Å². The Morgan fingerprint density at radius 2 is 1.79 bits per heavy atom. The summed E-state index contributed by atoms with van der Waals surface area (Å²) in [7, 11) is -3.22. The second-order valence-corrected chi connectivity index (χ2v) is 8.77. The molecule has 0 aliphatic carbocycles. The van der Waals surface area contributed by atoms with E-state index in [2.05, 4.69) is 19.9 Å². The fraction of sp³-hybridized carbons (Fsp3) is 0.400. The third-order valence-electron chi connectivity index (χ3n) is 4.47. The molecule has 24 heavy (non-hydrogen) atoms. The summed E-state index contributed by atoms with van der Waals surface area (Å²) in [6.07, 6.45) is 3.28. The van der Waals surface area contributed by atoms with Gasteiger partial charge in [0.05, 0.1) is 10.6 Å². The third kappa shape index (κ3) is 4.20. The van der Waals surface area contributed by atoms with E-state index in [1.165, 1.54) is 5.56 Å². The number of sulfone groups is 1. The summed E-state index contributed by atoms with van der Waals surface area (Å²) in [6.45, 7) is 6.05. The van der Waals surface area contributed by atoms with Gasteiger partial charge in [-0.25, -0.2) is 8.42 Å². The van der Waals surface area contributed by atoms with Crippen molar-refractivity contribution in [2.45, 2.75) is 50.8 Å². The average Bonchev–Trinajstić information content (AvgIpc) is 2.60. The lowest BCUT2D eigenvalue weighted by molar-refractivity contribution is 0.596. The summed E-state index contributed by atoms with van der Waals surface area (Å²) in [6, 6.07) is 13.2. The van der Waals surface area contributed by atoms with Gasteiger partial charge < -0.3 is 0 Å². The predicted molar refractivity (Wildman–Crippen MR) is 103 cm³/mol. The number of halogens is 1. The maximum absolute atomic E-state index is 12.2. The van der Waals surface area contributed by atoms with E-state index in [1.54, 1.807) is 19.1 Å². The second-order valence-electron chi connectivity index (χ2n) is 6.06. The predicted octanol–water partition coefficient (Wildman–Crippen LogP) is 6.09. The Morgan fingerprint density at radius 3 is 2.42 bits per heavy atom. The summed E-state index contributed by atoms with van der Waals surface area (Å²) in [5.41, 5.74) is 3.20. The molecule has 0 amide bonds. The lowest BCUT2D eigenvalue weighted by atomic mass is 9.86. The van der Waals surface area contributed by atoms with Crippen molar-refractivity contribution in [1.82, 2.24) is 0 Å². The van der Waals surface area contributed by atoms with Gasteiger partial charge in [0.25, 0.3) is 0 Å². The highest BCUT2D eigenvalue weighted by molar-refractivity contribution is 7.91. The topological polar surface area (TPSA) is 34.1 Å². The molecule has 4 heteroatoms. The Kier molecular flexibility index (Phi) is 6.47. The van der Waals surface area contributed by atoms with Crippen LogP contribution in [-0.2, 0) is 9.84 Å². The highest BCUT2D eigenvalue weighted by atomic mass is 35.5. The lowest BCUT2D eigenvalue weighted by Gasteiger charge is -2.19. The first-order valence-corrected chi connectivity index (χ1v) is 10.6. The Hall–Kier alpha value is -1.32. The van der Waals surface area contributed by atoms with Crippen molar-refractivity contribution in [2.75, 3.05) is 5.75 Å². The zero-order chi connectivity index (χ0) is 17.7. The van der Waals surface area contributed by atoms with Crippen LogP contribution in [0.4, 0.5) is 0 Å². The highest BCUT2D eigenvalue weighted by Gasteiger charge is 2.17. The maximum Gasteiger partial charge on any atom is 0.178 e. The van der Waals surface area contributed by atoms with Crippen molar-refractivity contribution in [1.29, 1.82) is 0 Å². The summed E-state index contributed by atoms with van der Waals surface area (Å²) in [5, 5.41) is 0.670. The summed E-state index contributed by atoms with van der Waals surface area (Å²) < 4.78 is 24.4. The fourth-order valence-corrected chi connectivity index (χ4v) is 4.18. The van der Waals surface area contributed by atoms with Gasteiger partial charge in [-0.05, 0) is 59.7 Å². The summed E-state index contributed by atoms with van der Waals surface area (Å²) >= 11 is 6.23. The molecule has 0 N–H and O–H groups in total. The van der Waals surface area contributed by atoms with Crippen LogP contribution in [0.1, 0.15) is 51.5 Å². The zero-order valence-corrected chi connectivity index (χ0v) is 16.1. The molecule has 2 nitrogen and oxygen atoms in total. The molecule has 0 fully saturated rings. The number of rotatable bonds is 7. The third-order valence-corrected chi connectivity index (χ3v) is 6.44. The van der Waals surface area contributed by atoms with Gasteiger partial charge in [0, 0.05) is 5.02 Å². The van der Waals surface area contributed by atoms with Crippen LogP contribution in [0.15, 0.2) is 47.4 Å². The molecule has 0 heterocycles. The van der Waals surface area contributed by atoms with Gasteiger partial charge in [-0.3, -0.25) is 0 Å². The first-order chi connectivity index (χ1) is 11.4. The lowest BCUT2D eigenvalue weighted by Crippen LogP contribution is -2.04. The van der Waals surface area contributed by atoms with E-state index < -0.39 is 9.84 Å². The minimum atomic E-state index is -3.22. The van der Waals surface area contributed by atoms with Gasteiger partial charge in [0.2, 0.25) is 0 Å². The van der Waals surface area contributed by atoms with Crippen molar-refractivity contribution in [2.24, 2.45) is 0 Å². The molecule has 0 bridgehead atoms. The molecule has 0 spiro atoms. The number of hydrogen-bond donors (Lipinski definition) is 0. The molecule has 0 aliphatic rings. The van der Waals surface area contributed by atoms with Gasteiger partial charge in [-0.15, -0.1) is 0 Å². The highest BCUT2D eigenvalue weighted by Crippen LogP contribution is 2.36. The summed E-state index contributed by atoms with van der Waals surface area (Å²) in [5.74, 6) is 0.556. The minimum Gasteiger partial charge on any atom is -0.224 e. The quantitative estimate of drug-likeness (QED) is 0.595. The molecule has 0 saturated carbocycles. The van der Waals surface area contributed by atoms with Gasteiger partial charge >= 0.3 is 0 Å². The Bertz CT molecular complexity index is 797. The molecule has 130 valence electrons. The van der Waals surface area contributed by atoms with E-state index in [4.69, 9.17) is 11.6 Å². The SMILES string of the molecule is CCCC(CC)c1ccc(Cl)cc1-c1cccc(S(=O)(=O)CC)c1. The molecule has 0 radical (unpaired) electrons. The van der Waals surface area contributed by atoms with Crippen molar-refractivity contribution in [3.05, 3.63) is 53.1 Å². The normalized spacial score (nSPS) is 13.0. The molecular weight excluding hydrogens is 340 g/mol. The number of benzene rings is 2. The van der Waals surface area contributed by atoms with Crippen LogP contribution >= 0.6 is 11.6 Å². The molecular formula is C20H25ClO2S. The van der Waals surface area contributed by atoms with Crippen LogP contribution in [0.3, 0.4) is 0 Å². The molecule has 1 unspecified atom stereocenters. The Balaban J connectivity index is 2.60. The molecule has 1 atom stereocenters. The smallest absolute Gasteiger partial charge is 0.178 e. The molecule has 0 saturated heterocycles. The first kappa shape index (κ1) is 19.0. The molecule has 2 aromatic carbocycles. The zero-order valence-electron chi connectivity index (χ0n) is 14.5. The van der Waals surface area contributed by atoms with E-state index in [-0.39, 0.29) is 5.75 Å². The first-order valence-electron chi connectivity index (χ1n) is 8.55. The largest absolute Gasteiger partial charge is 0.224 e. The Morgan fingerprint density at radius 1 is 1.04 bits per heavy atom. The monoisotopic (exact) mass is 364 g/mol. The van der Waals surface area contributed by atoms with E-state index in [0.717, 1.165) is 30.4 Å². The van der Waals surface area contributed by atoms with Crippen molar-refractivity contribution < 1.29 is 8.42 Å². The Labute approximate surface area is 150 Å². The van der Waals surface area contributed by atoms with E-state index in [0.29, 0.717) is 15.8 Å². The van der Waals surface area contributed by atoms with Crippen LogP contribution in [-0.4, -0.2) is 14.2 Å². The second kappa shape index (κ2) is 8.17. The van der Waals surface area contributed by atoms with Gasteiger partial charge in [-0.1, -0.05) is 57.0 Å². The summed E-state index contributed by atoms with van der Waals surface area (Å²) in [4.78, 5) is 0.372. The fourth-order valence-electron chi connectivity index (χ4n) is 3.09. The molecule has 0 aliphatic heterocycles. The van der Waals surface area contributed by atoms with Crippen LogP contribution in [0.5, 0.6) is 0 Å². The van der Waals surface area contributed by atoms with Gasteiger partial charge in [0.15, 0.2) is 9.84 Å². The standard InChI is InChI=1S/C20H25ClO2S/c1-4-8-15(5-2)19-12-11-17(21)14-20(19)16-9-7-10-18(13-16)24(22,23)6-3/h7,9-15H,4-6,8H2,1-3H3. The van der Waals surface area contributed by atoms with Crippen LogP contribution < -0.4 is 0 Å². The van der Waals surface area contributed by atoms with E-state index >= 15 is 0 Å². The average molecular weight is 365 g/mol. The van der Waals surface area contributed by atoms with Crippen LogP contribution in [0, 0.1) is 0 Å². The molecule has 2 rings (SSSR count). The number of hydrogen-bond acceptors (Lipinski definition) is 2. The van der Waals surface area contributed by atoms with E-state index in [9.17, 15) is 8.42 Å². The van der Waals surface area contributed by atoms with Crippen LogP contribution in [0.2, 0.25) is 5.02 Å². The maximum atomic E-state index is 12.2. The van der Waals surface area contributed by atoms with Gasteiger partial charge in [-0.2, -0.15) is 0 Å². The minimum absolute atomic E-state index is 0.103. The van der Waals surface area contributed by atoms with E-state index in [1.807, 2.05) is 24.3 Å². The van der Waals surface area contributed by atoms with Gasteiger partial charge in [0.1, 0.15) is 0 Å². The van der Waals surface area contributed by atoms with Crippen molar-refractivity contribution >= 4 is 21.4 Å². The molecule has 2 aromatic rings. The molecule has 0 aromatic heterocycles. The van der Waals surface area contributed by atoms with Crippen molar-refractivity contribution in [3.8, 4) is 11.1 Å². The van der Waals surface area contributed by atoms with Crippen molar-refractivity contribution in [3.63, 3.8) is 0 Å².